The van der Waals surface area contributed by atoms with Gasteiger partial charge in [-0.3, -0.25) is 14.2 Å². The first-order valence-electron chi connectivity index (χ1n) is 10.8. The van der Waals surface area contributed by atoms with Crippen LogP contribution in [0.3, 0.4) is 0 Å². The summed E-state index contributed by atoms with van der Waals surface area (Å²) >= 11 is 0. The summed E-state index contributed by atoms with van der Waals surface area (Å²) in [5.41, 5.74) is 5.96. The van der Waals surface area contributed by atoms with Gasteiger partial charge in [0.25, 0.3) is 5.56 Å². The zero-order valence-corrected chi connectivity index (χ0v) is 19.1. The van der Waals surface area contributed by atoms with Gasteiger partial charge in [0.15, 0.2) is 0 Å². The standard InChI is InChI=1S/C26H28N4O2/c1-16(2)20-8-10-21(11-9-20)27-23(31)15-29-24(32)14-18(4)25-19(5)28-30(26(25)29)22-12-6-17(3)7-13-22/h6-14,16H,15H2,1-5H3,(H,27,31). The second-order valence-corrected chi connectivity index (χ2v) is 8.61. The Kier molecular flexibility index (Phi) is 5.70. The number of fused-ring (bicyclic) bond motifs is 1. The Morgan fingerprint density at radius 2 is 1.66 bits per heavy atom. The van der Waals surface area contributed by atoms with Crippen LogP contribution < -0.4 is 10.9 Å². The molecule has 4 rings (SSSR count). The number of aryl methyl sites for hydroxylation is 3. The van der Waals surface area contributed by atoms with Gasteiger partial charge < -0.3 is 5.32 Å². The summed E-state index contributed by atoms with van der Waals surface area (Å²) in [5, 5.41) is 8.49. The summed E-state index contributed by atoms with van der Waals surface area (Å²) in [5.74, 6) is 0.160. The summed E-state index contributed by atoms with van der Waals surface area (Å²) in [4.78, 5) is 25.8. The normalized spacial score (nSPS) is 11.3. The van der Waals surface area contributed by atoms with Gasteiger partial charge in [-0.15, -0.1) is 0 Å². The first kappa shape index (κ1) is 21.6. The van der Waals surface area contributed by atoms with E-state index in [1.165, 1.54) is 10.1 Å². The summed E-state index contributed by atoms with van der Waals surface area (Å²) < 4.78 is 3.25. The second-order valence-electron chi connectivity index (χ2n) is 8.61. The monoisotopic (exact) mass is 428 g/mol. The van der Waals surface area contributed by atoms with Crippen molar-refractivity contribution in [3.8, 4) is 5.69 Å². The van der Waals surface area contributed by atoms with E-state index < -0.39 is 0 Å². The molecule has 6 heteroatoms. The van der Waals surface area contributed by atoms with Gasteiger partial charge in [0.1, 0.15) is 12.2 Å². The number of benzene rings is 2. The van der Waals surface area contributed by atoms with Crippen molar-refractivity contribution >= 4 is 22.6 Å². The predicted molar refractivity (Wildman–Crippen MR) is 129 cm³/mol. The molecule has 2 heterocycles. The maximum absolute atomic E-state index is 13.0. The van der Waals surface area contributed by atoms with E-state index in [9.17, 15) is 9.59 Å². The molecule has 0 unspecified atom stereocenters. The molecule has 6 nitrogen and oxygen atoms in total. The number of pyridine rings is 1. The van der Waals surface area contributed by atoms with E-state index in [0.717, 1.165) is 27.9 Å². The molecule has 164 valence electrons. The molecule has 0 spiro atoms. The molecule has 0 aliphatic rings. The fourth-order valence-corrected chi connectivity index (χ4v) is 3.98. The lowest BCUT2D eigenvalue weighted by Gasteiger charge is -2.13. The van der Waals surface area contributed by atoms with Crippen LogP contribution >= 0.6 is 0 Å². The van der Waals surface area contributed by atoms with Gasteiger partial charge in [-0.25, -0.2) is 4.68 Å². The fraction of sp³-hybridized carbons (Fsp3) is 0.269. The maximum atomic E-state index is 13.0. The van der Waals surface area contributed by atoms with Gasteiger partial charge in [-0.1, -0.05) is 43.7 Å². The highest BCUT2D eigenvalue weighted by molar-refractivity contribution is 5.92. The predicted octanol–water partition coefficient (Wildman–Crippen LogP) is 4.87. The van der Waals surface area contributed by atoms with E-state index in [4.69, 9.17) is 5.10 Å². The average molecular weight is 429 g/mol. The Morgan fingerprint density at radius 3 is 2.28 bits per heavy atom. The number of carbonyl (C=O) groups is 1. The lowest BCUT2D eigenvalue weighted by Crippen LogP contribution is -2.29. The highest BCUT2D eigenvalue weighted by Crippen LogP contribution is 2.24. The van der Waals surface area contributed by atoms with Crippen LogP contribution in [0.1, 0.15) is 42.1 Å². The van der Waals surface area contributed by atoms with Crippen molar-refractivity contribution < 1.29 is 4.79 Å². The number of amides is 1. The van der Waals surface area contributed by atoms with E-state index in [0.29, 0.717) is 17.3 Å². The maximum Gasteiger partial charge on any atom is 0.252 e. The Bertz CT molecular complexity index is 1340. The van der Waals surface area contributed by atoms with Gasteiger partial charge in [0.05, 0.1) is 11.4 Å². The van der Waals surface area contributed by atoms with Crippen molar-refractivity contribution in [2.24, 2.45) is 0 Å². The van der Waals surface area contributed by atoms with Crippen LogP contribution in [-0.2, 0) is 11.3 Å². The van der Waals surface area contributed by atoms with Gasteiger partial charge in [-0.2, -0.15) is 5.10 Å². The quantitative estimate of drug-likeness (QED) is 0.493. The number of hydrogen-bond acceptors (Lipinski definition) is 3. The molecule has 0 aliphatic heterocycles. The number of anilines is 1. The summed E-state index contributed by atoms with van der Waals surface area (Å²) in [6.45, 7) is 10.0. The van der Waals surface area contributed by atoms with Gasteiger partial charge in [0, 0.05) is 17.1 Å². The lowest BCUT2D eigenvalue weighted by molar-refractivity contribution is -0.116. The van der Waals surface area contributed by atoms with Crippen molar-refractivity contribution in [1.82, 2.24) is 14.3 Å². The summed E-state index contributed by atoms with van der Waals surface area (Å²) in [6.07, 6.45) is 0. The zero-order chi connectivity index (χ0) is 23.0. The number of aromatic nitrogens is 3. The third-order valence-electron chi connectivity index (χ3n) is 5.73. The Balaban J connectivity index is 1.74. The molecule has 2 aromatic heterocycles. The molecular weight excluding hydrogens is 400 g/mol. The molecule has 1 N–H and O–H groups in total. The van der Waals surface area contributed by atoms with E-state index in [2.05, 4.69) is 19.2 Å². The number of rotatable bonds is 5. The van der Waals surface area contributed by atoms with Crippen LogP contribution in [0, 0.1) is 20.8 Å². The number of nitrogens with zero attached hydrogens (tertiary/aromatic N) is 3. The van der Waals surface area contributed by atoms with E-state index in [1.807, 2.05) is 69.3 Å². The summed E-state index contributed by atoms with van der Waals surface area (Å²) in [7, 11) is 0. The Morgan fingerprint density at radius 1 is 1.00 bits per heavy atom. The van der Waals surface area contributed by atoms with Crippen molar-refractivity contribution in [2.45, 2.75) is 47.1 Å². The largest absolute Gasteiger partial charge is 0.325 e. The Hall–Kier alpha value is -3.67. The van der Waals surface area contributed by atoms with Crippen LogP contribution in [0.4, 0.5) is 5.69 Å². The first-order valence-corrected chi connectivity index (χ1v) is 10.8. The van der Waals surface area contributed by atoms with Gasteiger partial charge >= 0.3 is 0 Å². The molecule has 0 bridgehead atoms. The van der Waals surface area contributed by atoms with Crippen LogP contribution in [-0.4, -0.2) is 20.3 Å². The SMILES string of the molecule is Cc1ccc(-n2nc(C)c3c(C)cc(=O)n(CC(=O)Nc4ccc(C(C)C)cc4)c32)cc1. The highest BCUT2D eigenvalue weighted by Gasteiger charge is 2.18. The molecule has 32 heavy (non-hydrogen) atoms. The molecule has 0 atom stereocenters. The molecule has 0 radical (unpaired) electrons. The smallest absolute Gasteiger partial charge is 0.252 e. The minimum Gasteiger partial charge on any atom is -0.325 e. The van der Waals surface area contributed by atoms with Gasteiger partial charge in [-0.05, 0) is 62.1 Å². The first-order chi connectivity index (χ1) is 15.2. The number of carbonyl (C=O) groups excluding carboxylic acids is 1. The van der Waals surface area contributed by atoms with Crippen LogP contribution in [0.25, 0.3) is 16.7 Å². The lowest BCUT2D eigenvalue weighted by atomic mass is 10.0. The van der Waals surface area contributed by atoms with Crippen LogP contribution in [0.15, 0.2) is 59.4 Å². The zero-order valence-electron chi connectivity index (χ0n) is 19.1. The molecule has 1 amide bonds. The third-order valence-corrected chi connectivity index (χ3v) is 5.73. The molecule has 0 fully saturated rings. The number of nitrogens with one attached hydrogen (secondary N) is 1. The van der Waals surface area contributed by atoms with Crippen LogP contribution in [0.5, 0.6) is 0 Å². The molecular formula is C26H28N4O2. The van der Waals surface area contributed by atoms with Gasteiger partial charge in [0.2, 0.25) is 5.91 Å². The molecule has 2 aromatic carbocycles. The average Bonchev–Trinajstić information content (AvgIpc) is 3.09. The van der Waals surface area contributed by atoms with E-state index >= 15 is 0 Å². The van der Waals surface area contributed by atoms with E-state index in [1.54, 1.807) is 10.7 Å². The topological polar surface area (TPSA) is 68.9 Å². The van der Waals surface area contributed by atoms with E-state index in [-0.39, 0.29) is 18.0 Å². The Labute approximate surface area is 187 Å². The van der Waals surface area contributed by atoms with Crippen molar-refractivity contribution in [1.29, 1.82) is 0 Å². The second kappa shape index (κ2) is 8.46. The van der Waals surface area contributed by atoms with Crippen molar-refractivity contribution in [3.63, 3.8) is 0 Å². The summed E-state index contributed by atoms with van der Waals surface area (Å²) in [6, 6.07) is 17.3. The van der Waals surface area contributed by atoms with Crippen molar-refractivity contribution in [2.75, 3.05) is 5.32 Å². The fourth-order valence-electron chi connectivity index (χ4n) is 3.98. The van der Waals surface area contributed by atoms with Crippen molar-refractivity contribution in [3.05, 3.63) is 87.3 Å². The minimum absolute atomic E-state index is 0.0987. The molecule has 0 saturated carbocycles. The third kappa shape index (κ3) is 4.08. The highest BCUT2D eigenvalue weighted by atomic mass is 16.2. The minimum atomic E-state index is -0.260. The number of hydrogen-bond donors (Lipinski definition) is 1. The molecule has 0 saturated heterocycles. The molecule has 4 aromatic rings. The van der Waals surface area contributed by atoms with Crippen LogP contribution in [0.2, 0.25) is 0 Å². The molecule has 0 aliphatic carbocycles.